The summed E-state index contributed by atoms with van der Waals surface area (Å²) in [5.74, 6) is -0.572. The van der Waals surface area contributed by atoms with Crippen LogP contribution >= 0.6 is 15.6 Å². The maximum Gasteiger partial charge on any atom is 0.472 e. The Hall–Kier alpha value is -1.94. The van der Waals surface area contributed by atoms with Gasteiger partial charge in [0, 0.05) is 25.7 Å². The van der Waals surface area contributed by atoms with Crippen molar-refractivity contribution in [1.82, 2.24) is 0 Å². The molecule has 0 aromatic rings. The van der Waals surface area contributed by atoms with Crippen LogP contribution < -0.4 is 0 Å². The molecule has 0 saturated heterocycles. The minimum Gasteiger partial charge on any atom is -0.462 e. The Kier molecular flexibility index (Phi) is 70.3. The van der Waals surface area contributed by atoms with Crippen molar-refractivity contribution in [2.24, 2.45) is 11.8 Å². The maximum atomic E-state index is 13.1. The lowest BCUT2D eigenvalue weighted by Crippen LogP contribution is -2.30. The van der Waals surface area contributed by atoms with Crippen molar-refractivity contribution in [1.29, 1.82) is 0 Å². The summed E-state index contributed by atoms with van der Waals surface area (Å²) in [6.07, 6.45) is 60.9. The van der Waals surface area contributed by atoms with Crippen LogP contribution in [0.25, 0.3) is 0 Å². The van der Waals surface area contributed by atoms with Gasteiger partial charge < -0.3 is 33.8 Å². The van der Waals surface area contributed by atoms with E-state index in [1.54, 1.807) is 0 Å². The molecule has 0 aliphatic heterocycles. The maximum absolute atomic E-state index is 13.1. The molecule has 17 nitrogen and oxygen atoms in total. The van der Waals surface area contributed by atoms with Crippen molar-refractivity contribution >= 4 is 39.5 Å². The number of aliphatic hydroxyl groups excluding tert-OH is 1. The molecule has 0 aromatic heterocycles. The van der Waals surface area contributed by atoms with Gasteiger partial charge in [-0.05, 0) is 37.5 Å². The first-order chi connectivity index (χ1) is 47.9. The average molecular weight is 1450 g/mol. The number of phosphoric ester groups is 2. The molecule has 0 amide bonds. The average Bonchev–Trinajstić information content (AvgIpc) is 0.982. The molecule has 2 unspecified atom stereocenters. The van der Waals surface area contributed by atoms with Crippen LogP contribution in [-0.4, -0.2) is 96.7 Å². The molecule has 588 valence electrons. The van der Waals surface area contributed by atoms with Crippen LogP contribution in [0.4, 0.5) is 0 Å². The molecule has 99 heavy (non-hydrogen) atoms. The Balaban J connectivity index is 5.25. The second-order valence-corrected chi connectivity index (χ2v) is 32.7. The molecule has 0 fully saturated rings. The number of unbranched alkanes of at least 4 members (excludes halogenated alkanes) is 49. The Morgan fingerprint density at radius 1 is 0.273 bits per heavy atom. The first-order valence-corrected chi connectivity index (χ1v) is 44.5. The minimum absolute atomic E-state index is 0.107. The summed E-state index contributed by atoms with van der Waals surface area (Å²) in [6, 6.07) is 0. The molecule has 0 radical (unpaired) electrons. The normalized spacial score (nSPS) is 13.9. The number of carbonyl (C=O) groups is 4. The van der Waals surface area contributed by atoms with Crippen molar-refractivity contribution in [3.8, 4) is 0 Å². The molecular formula is C80H156O17P2. The molecule has 0 aliphatic rings. The highest BCUT2D eigenvalue weighted by Crippen LogP contribution is 2.45. The number of hydrogen-bond acceptors (Lipinski definition) is 15. The number of carbonyl (C=O) groups excluding carboxylic acids is 4. The van der Waals surface area contributed by atoms with E-state index in [4.69, 9.17) is 37.0 Å². The fraction of sp³-hybridized carbons (Fsp3) is 0.950. The fourth-order valence-electron chi connectivity index (χ4n) is 12.4. The van der Waals surface area contributed by atoms with Gasteiger partial charge in [-0.3, -0.25) is 37.3 Å². The summed E-state index contributed by atoms with van der Waals surface area (Å²) >= 11 is 0. The summed E-state index contributed by atoms with van der Waals surface area (Å²) in [4.78, 5) is 73.0. The molecule has 0 aliphatic carbocycles. The van der Waals surface area contributed by atoms with E-state index in [-0.39, 0.29) is 25.7 Å². The zero-order chi connectivity index (χ0) is 72.8. The number of ether oxygens (including phenoxy) is 4. The minimum atomic E-state index is -4.96. The van der Waals surface area contributed by atoms with Crippen LogP contribution in [0.5, 0.6) is 0 Å². The van der Waals surface area contributed by atoms with Crippen molar-refractivity contribution < 1.29 is 80.2 Å². The van der Waals surface area contributed by atoms with Gasteiger partial charge in [-0.1, -0.05) is 369 Å². The fourth-order valence-corrected chi connectivity index (χ4v) is 13.9. The molecule has 0 heterocycles. The van der Waals surface area contributed by atoms with Crippen molar-refractivity contribution in [3.63, 3.8) is 0 Å². The second kappa shape index (κ2) is 71.7. The van der Waals surface area contributed by atoms with Crippen LogP contribution in [0.3, 0.4) is 0 Å². The quantitative estimate of drug-likeness (QED) is 0.0222. The summed E-state index contributed by atoms with van der Waals surface area (Å²) < 4.78 is 68.7. The summed E-state index contributed by atoms with van der Waals surface area (Å²) in [5, 5.41) is 10.6. The molecule has 0 bridgehead atoms. The first kappa shape index (κ1) is 97.1. The van der Waals surface area contributed by atoms with Gasteiger partial charge >= 0.3 is 39.5 Å². The topological polar surface area (TPSA) is 237 Å². The number of esters is 4. The van der Waals surface area contributed by atoms with Crippen molar-refractivity contribution in [3.05, 3.63) is 0 Å². The van der Waals surface area contributed by atoms with Crippen LogP contribution in [0, 0.1) is 11.8 Å². The first-order valence-electron chi connectivity index (χ1n) is 41.5. The Morgan fingerprint density at radius 3 is 0.687 bits per heavy atom. The van der Waals surface area contributed by atoms with E-state index in [0.717, 1.165) is 102 Å². The third kappa shape index (κ3) is 74.1. The highest BCUT2D eigenvalue weighted by molar-refractivity contribution is 7.47. The smallest absolute Gasteiger partial charge is 0.462 e. The number of aliphatic hydroxyl groups is 1. The Bertz CT molecular complexity index is 1910. The lowest BCUT2D eigenvalue weighted by molar-refractivity contribution is -0.161. The van der Waals surface area contributed by atoms with Crippen LogP contribution in [0.1, 0.15) is 420 Å². The number of phosphoric acid groups is 2. The highest BCUT2D eigenvalue weighted by Gasteiger charge is 2.30. The highest BCUT2D eigenvalue weighted by atomic mass is 31.2. The van der Waals surface area contributed by atoms with Gasteiger partial charge in [0.2, 0.25) is 0 Å². The van der Waals surface area contributed by atoms with Gasteiger partial charge in [-0.2, -0.15) is 0 Å². The van der Waals surface area contributed by atoms with Gasteiger partial charge in [0.1, 0.15) is 19.3 Å². The van der Waals surface area contributed by atoms with E-state index < -0.39 is 97.5 Å². The standard InChI is InChI=1S/C80H156O17P2/c1-7-9-11-13-15-17-19-21-22-23-24-25-26-27-33-40-46-52-58-64-79(84)96-75(69-91-78(83)63-57-51-45-39-34-28-30-36-42-48-54-60-72(3)4)70-94-98(86,87)92-66-74(81)67-93-99(88,89)95-71-76(68-90-77(82)62-56-50-44-38-32-20-18-16-14-12-10-8-2)97-80(85)65-59-53-47-41-35-29-31-37-43-49-55-61-73(5)6/h72-76,81H,7-71H2,1-6H3,(H,86,87)(H,88,89)/t74-,75-,76-/m1/s1. The lowest BCUT2D eigenvalue weighted by atomic mass is 10.0. The van der Waals surface area contributed by atoms with Gasteiger partial charge in [0.05, 0.1) is 26.4 Å². The van der Waals surface area contributed by atoms with E-state index in [1.165, 1.54) is 238 Å². The third-order valence-corrected chi connectivity index (χ3v) is 20.6. The van der Waals surface area contributed by atoms with Gasteiger partial charge in [-0.15, -0.1) is 0 Å². The number of rotatable bonds is 79. The SMILES string of the molecule is CCCCCCCCCCCCCCCCCCCCCC(=O)O[C@H](COC(=O)CCCCCCCCCCCCCC(C)C)COP(=O)(O)OC[C@@H](O)COP(=O)(O)OC[C@@H](COC(=O)CCCCCCCCCCCCCC)OC(=O)CCCCCCCCCCCCCC(C)C. The van der Waals surface area contributed by atoms with Crippen molar-refractivity contribution in [2.45, 2.75) is 439 Å². The molecule has 3 N–H and O–H groups in total. The number of hydrogen-bond donors (Lipinski definition) is 3. The largest absolute Gasteiger partial charge is 0.472 e. The van der Waals surface area contributed by atoms with Crippen LogP contribution in [0.15, 0.2) is 0 Å². The van der Waals surface area contributed by atoms with Crippen LogP contribution in [0.2, 0.25) is 0 Å². The predicted molar refractivity (Wildman–Crippen MR) is 405 cm³/mol. The summed E-state index contributed by atoms with van der Waals surface area (Å²) in [6.45, 7) is 9.64. The van der Waals surface area contributed by atoms with E-state index in [1.807, 2.05) is 0 Å². The monoisotopic (exact) mass is 1450 g/mol. The molecule has 0 rings (SSSR count). The lowest BCUT2D eigenvalue weighted by Gasteiger charge is -2.21. The van der Waals surface area contributed by atoms with Crippen LogP contribution in [-0.2, 0) is 65.4 Å². The molecular weight excluding hydrogens is 1290 g/mol. The van der Waals surface area contributed by atoms with E-state index in [9.17, 15) is 43.2 Å². The molecule has 0 spiro atoms. The van der Waals surface area contributed by atoms with Gasteiger partial charge in [0.25, 0.3) is 0 Å². The zero-order valence-electron chi connectivity index (χ0n) is 64.8. The summed E-state index contributed by atoms with van der Waals surface area (Å²) in [7, 11) is -9.92. The zero-order valence-corrected chi connectivity index (χ0v) is 66.6. The predicted octanol–water partition coefficient (Wildman–Crippen LogP) is 23.9. The van der Waals surface area contributed by atoms with Crippen molar-refractivity contribution in [2.75, 3.05) is 39.6 Å². The third-order valence-electron chi connectivity index (χ3n) is 18.7. The van der Waals surface area contributed by atoms with E-state index in [0.29, 0.717) is 25.7 Å². The Labute approximate surface area is 607 Å². The molecule has 5 atom stereocenters. The van der Waals surface area contributed by atoms with Gasteiger partial charge in [-0.25, -0.2) is 9.13 Å². The van der Waals surface area contributed by atoms with E-state index in [2.05, 4.69) is 41.5 Å². The van der Waals surface area contributed by atoms with E-state index >= 15 is 0 Å². The van der Waals surface area contributed by atoms with Gasteiger partial charge in [0.15, 0.2) is 12.2 Å². The molecule has 19 heteroatoms. The molecule has 0 aromatic carbocycles. The second-order valence-electron chi connectivity index (χ2n) is 29.8. The molecule has 0 saturated carbocycles. The Morgan fingerprint density at radius 2 is 0.465 bits per heavy atom. The summed E-state index contributed by atoms with van der Waals surface area (Å²) in [5.41, 5.74) is 0.